The maximum absolute atomic E-state index is 9.91. The van der Waals surface area contributed by atoms with Crippen molar-refractivity contribution in [3.8, 4) is 5.75 Å². The van der Waals surface area contributed by atoms with Crippen molar-refractivity contribution in [1.29, 1.82) is 0 Å². The van der Waals surface area contributed by atoms with Crippen LogP contribution in [0.5, 0.6) is 5.75 Å². The Bertz CT molecular complexity index is 442. The molecule has 0 saturated carbocycles. The van der Waals surface area contributed by atoms with E-state index in [1.54, 1.807) is 48.5 Å². The molecule has 0 fully saturated rings. The molecule has 0 heterocycles. The summed E-state index contributed by atoms with van der Waals surface area (Å²) < 4.78 is 5.24. The van der Waals surface area contributed by atoms with Crippen LogP contribution in [0.15, 0.2) is 60.7 Å². The minimum atomic E-state index is -3.82. The quantitative estimate of drug-likeness (QED) is 0.773. The molecule has 0 aliphatic heterocycles. The molecule has 2 aromatic carbocycles. The summed E-state index contributed by atoms with van der Waals surface area (Å²) in [4.78, 5) is 19.8. The van der Waals surface area contributed by atoms with Crippen LogP contribution in [0.3, 0.4) is 0 Å². The van der Waals surface area contributed by atoms with Gasteiger partial charge < -0.3 is 14.0 Å². The van der Waals surface area contributed by atoms with E-state index in [1.165, 1.54) is 0 Å². The summed E-state index contributed by atoms with van der Waals surface area (Å²) in [5.74, 6) is 0.461. The van der Waals surface area contributed by atoms with Crippen molar-refractivity contribution < 1.29 is 14.0 Å². The van der Waals surface area contributed by atoms with Gasteiger partial charge in [-0.25, -0.2) is 0 Å². The van der Waals surface area contributed by atoms with E-state index in [9.17, 15) is 9.59 Å². The Morgan fingerprint density at radius 2 is 1.25 bits per heavy atom. The van der Waals surface area contributed by atoms with Gasteiger partial charge in [-0.05, 0) is 12.1 Å². The van der Waals surface area contributed by atoms with Crippen LogP contribution in [0.2, 0.25) is 0 Å². The summed E-state index contributed by atoms with van der Waals surface area (Å²) >= 11 is 0. The average molecular weight is 232 g/mol. The first-order chi connectivity index (χ1) is 7.68. The van der Waals surface area contributed by atoms with Gasteiger partial charge in [0, 0.05) is 5.19 Å². The van der Waals surface area contributed by atoms with Crippen LogP contribution >= 0.6 is 0 Å². The Morgan fingerprint density at radius 3 is 1.81 bits per heavy atom. The second-order valence-electron chi connectivity index (χ2n) is 3.39. The van der Waals surface area contributed by atoms with Gasteiger partial charge in [0.15, 0.2) is 0 Å². The molecule has 2 N–H and O–H groups in total. The fourth-order valence-corrected chi connectivity index (χ4v) is 2.58. The van der Waals surface area contributed by atoms with E-state index in [1.807, 2.05) is 12.1 Å². The maximum atomic E-state index is 9.91. The summed E-state index contributed by atoms with van der Waals surface area (Å²) in [6.45, 7) is 0. The molecule has 0 aliphatic carbocycles. The minimum absolute atomic E-state index is 0.429. The lowest BCUT2D eigenvalue weighted by molar-refractivity contribution is 0.260. The number of hydrogen-bond acceptors (Lipinski definition) is 3. The Morgan fingerprint density at radius 1 is 0.750 bits per heavy atom. The van der Waals surface area contributed by atoms with Crippen LogP contribution in [-0.4, -0.2) is 18.4 Å². The molecule has 16 heavy (non-hydrogen) atoms. The summed E-state index contributed by atoms with van der Waals surface area (Å²) in [6, 6.07) is 17.4. The van der Waals surface area contributed by atoms with Gasteiger partial charge in [0.25, 0.3) is 0 Å². The smallest absolute Gasteiger partial charge is 0.498 e. The number of rotatable bonds is 3. The van der Waals surface area contributed by atoms with Crippen LogP contribution in [-0.2, 0) is 0 Å². The second kappa shape index (κ2) is 4.48. The van der Waals surface area contributed by atoms with E-state index in [0.717, 1.165) is 0 Å². The summed E-state index contributed by atoms with van der Waals surface area (Å²) in [7, 11) is -3.82. The Kier molecular flexibility index (Phi) is 3.05. The van der Waals surface area contributed by atoms with E-state index in [-0.39, 0.29) is 0 Å². The molecule has 0 atom stereocenters. The largest absolute Gasteiger partial charge is 0.597 e. The lowest BCUT2D eigenvalue weighted by atomic mass is 10.3. The fraction of sp³-hybridized carbons (Fsp3) is 0. The van der Waals surface area contributed by atoms with Crippen molar-refractivity contribution in [3.63, 3.8) is 0 Å². The van der Waals surface area contributed by atoms with Crippen molar-refractivity contribution in [2.24, 2.45) is 0 Å². The Hall–Kier alpha value is -1.62. The molecule has 0 unspecified atom stereocenters. The number of benzene rings is 2. The molecule has 2 rings (SSSR count). The van der Waals surface area contributed by atoms with Gasteiger partial charge in [0.2, 0.25) is 0 Å². The van der Waals surface area contributed by atoms with E-state index in [4.69, 9.17) is 4.43 Å². The van der Waals surface area contributed by atoms with E-state index >= 15 is 0 Å². The normalized spacial score (nSPS) is 11.1. The van der Waals surface area contributed by atoms with Gasteiger partial charge in [-0.3, -0.25) is 0 Å². The van der Waals surface area contributed by atoms with Crippen molar-refractivity contribution in [2.45, 2.75) is 0 Å². The molecule has 4 heteroatoms. The van der Waals surface area contributed by atoms with Crippen LogP contribution < -0.4 is 9.61 Å². The third-order valence-corrected chi connectivity index (χ3v) is 3.76. The summed E-state index contributed by atoms with van der Waals surface area (Å²) in [5.41, 5.74) is 0. The molecular formula is C12H12O3Si. The summed E-state index contributed by atoms with van der Waals surface area (Å²) in [5, 5.41) is 0.429. The van der Waals surface area contributed by atoms with Gasteiger partial charge in [0.1, 0.15) is 5.75 Å². The van der Waals surface area contributed by atoms with Crippen molar-refractivity contribution >= 4 is 14.0 Å². The van der Waals surface area contributed by atoms with Crippen LogP contribution in [0.25, 0.3) is 0 Å². The van der Waals surface area contributed by atoms with Crippen LogP contribution in [0.4, 0.5) is 0 Å². The van der Waals surface area contributed by atoms with Gasteiger partial charge in [-0.2, -0.15) is 0 Å². The molecule has 3 nitrogen and oxygen atoms in total. The Balaban J connectivity index is 2.21. The predicted octanol–water partition coefficient (Wildman–Crippen LogP) is 0.896. The molecule has 0 saturated heterocycles. The molecule has 0 bridgehead atoms. The highest BCUT2D eigenvalue weighted by atomic mass is 28.4. The van der Waals surface area contributed by atoms with Crippen LogP contribution in [0, 0.1) is 0 Å². The Labute approximate surface area is 94.9 Å². The van der Waals surface area contributed by atoms with E-state index in [0.29, 0.717) is 10.9 Å². The molecule has 2 aromatic rings. The SMILES string of the molecule is O[Si](O)(Oc1ccccc1)c1ccccc1. The predicted molar refractivity (Wildman–Crippen MR) is 63.3 cm³/mol. The molecule has 0 aromatic heterocycles. The monoisotopic (exact) mass is 232 g/mol. The minimum Gasteiger partial charge on any atom is -0.498 e. The second-order valence-corrected chi connectivity index (χ2v) is 5.39. The molecular weight excluding hydrogens is 220 g/mol. The van der Waals surface area contributed by atoms with E-state index in [2.05, 4.69) is 0 Å². The van der Waals surface area contributed by atoms with Crippen molar-refractivity contribution in [2.75, 3.05) is 0 Å². The maximum Gasteiger partial charge on any atom is 0.597 e. The zero-order chi connectivity index (χ0) is 11.4. The first-order valence-electron chi connectivity index (χ1n) is 4.93. The van der Waals surface area contributed by atoms with Gasteiger partial charge in [0.05, 0.1) is 0 Å². The lowest BCUT2D eigenvalue weighted by Gasteiger charge is -2.18. The molecule has 0 radical (unpaired) electrons. The zero-order valence-electron chi connectivity index (χ0n) is 8.58. The third kappa shape index (κ3) is 2.49. The standard InChI is InChI=1S/C12H12O3Si/c13-16(14,12-9-5-2-6-10-12)15-11-7-3-1-4-8-11/h1-10,13-14H. The average Bonchev–Trinajstić information content (AvgIpc) is 2.31. The van der Waals surface area contributed by atoms with Gasteiger partial charge in [-0.15, -0.1) is 0 Å². The summed E-state index contributed by atoms with van der Waals surface area (Å²) in [6.07, 6.45) is 0. The topological polar surface area (TPSA) is 49.7 Å². The highest BCUT2D eigenvalue weighted by molar-refractivity contribution is 6.73. The van der Waals surface area contributed by atoms with Crippen molar-refractivity contribution in [3.05, 3.63) is 60.7 Å². The number of para-hydroxylation sites is 1. The van der Waals surface area contributed by atoms with Crippen molar-refractivity contribution in [1.82, 2.24) is 0 Å². The first kappa shape index (κ1) is 10.9. The fourth-order valence-electron chi connectivity index (χ4n) is 1.37. The molecule has 82 valence electrons. The molecule has 0 amide bonds. The first-order valence-corrected chi connectivity index (χ1v) is 6.73. The zero-order valence-corrected chi connectivity index (χ0v) is 9.58. The van der Waals surface area contributed by atoms with E-state index < -0.39 is 8.80 Å². The third-order valence-electron chi connectivity index (χ3n) is 2.15. The molecule has 0 spiro atoms. The highest BCUT2D eigenvalue weighted by Crippen LogP contribution is 2.12. The lowest BCUT2D eigenvalue weighted by Crippen LogP contribution is -2.54. The van der Waals surface area contributed by atoms with Gasteiger partial charge in [-0.1, -0.05) is 48.5 Å². The van der Waals surface area contributed by atoms with Gasteiger partial charge >= 0.3 is 8.80 Å². The molecule has 0 aliphatic rings. The van der Waals surface area contributed by atoms with Crippen LogP contribution in [0.1, 0.15) is 0 Å². The highest BCUT2D eigenvalue weighted by Gasteiger charge is 2.37. The number of hydrogen-bond donors (Lipinski definition) is 2.